The number of hydrogen-bond acceptors (Lipinski definition) is 5. The van der Waals surface area contributed by atoms with Crippen LogP contribution in [0.3, 0.4) is 0 Å². The van der Waals surface area contributed by atoms with Gasteiger partial charge in [-0.1, -0.05) is 0 Å². The lowest BCUT2D eigenvalue weighted by Crippen LogP contribution is -2.51. The third kappa shape index (κ3) is 4.73. The molecule has 0 atom stereocenters. The molecule has 0 saturated carbocycles. The number of nitrogens with two attached hydrogens (primary N) is 1. The standard InChI is InChI=1S/C18H22FN5O2S/c1-27(25,26)17-3-2-8-21-16(17)13-22-18(20)24-11-9-23(10-12-24)15-6-4-14(19)5-7-15/h2-8H,9-13H2,1H3,(H2,20,22). The number of nitrogens with zero attached hydrogens (tertiary/aromatic N) is 4. The Morgan fingerprint density at radius 1 is 1.19 bits per heavy atom. The number of sulfone groups is 1. The number of aliphatic imine (C=N–C) groups is 1. The first-order valence-corrected chi connectivity index (χ1v) is 10.4. The minimum atomic E-state index is -3.37. The van der Waals surface area contributed by atoms with E-state index in [9.17, 15) is 12.8 Å². The highest BCUT2D eigenvalue weighted by Crippen LogP contribution is 2.17. The van der Waals surface area contributed by atoms with Crippen molar-refractivity contribution >= 4 is 21.5 Å². The predicted octanol–water partition coefficient (Wildman–Crippen LogP) is 1.26. The molecule has 1 fully saturated rings. The maximum absolute atomic E-state index is 13.0. The minimum Gasteiger partial charge on any atom is -0.370 e. The van der Waals surface area contributed by atoms with Crippen LogP contribution in [0.1, 0.15) is 5.69 Å². The van der Waals surface area contributed by atoms with Crippen LogP contribution in [-0.2, 0) is 16.4 Å². The molecule has 27 heavy (non-hydrogen) atoms. The second-order valence-electron chi connectivity index (χ2n) is 6.35. The Hall–Kier alpha value is -2.68. The topological polar surface area (TPSA) is 91.9 Å². The second kappa shape index (κ2) is 7.91. The predicted molar refractivity (Wildman–Crippen MR) is 103 cm³/mol. The van der Waals surface area contributed by atoms with Crippen molar-refractivity contribution in [1.29, 1.82) is 0 Å². The minimum absolute atomic E-state index is 0.104. The molecule has 1 aliphatic heterocycles. The van der Waals surface area contributed by atoms with Crippen LogP contribution in [0.25, 0.3) is 0 Å². The van der Waals surface area contributed by atoms with Crippen molar-refractivity contribution in [2.45, 2.75) is 11.4 Å². The summed E-state index contributed by atoms with van der Waals surface area (Å²) in [5.41, 5.74) is 7.44. The summed E-state index contributed by atoms with van der Waals surface area (Å²) in [5, 5.41) is 0. The Morgan fingerprint density at radius 3 is 2.48 bits per heavy atom. The largest absolute Gasteiger partial charge is 0.370 e. The third-order valence-corrected chi connectivity index (χ3v) is 5.60. The molecule has 0 bridgehead atoms. The van der Waals surface area contributed by atoms with Crippen molar-refractivity contribution in [3.8, 4) is 0 Å². The molecule has 144 valence electrons. The van der Waals surface area contributed by atoms with Crippen molar-refractivity contribution in [2.75, 3.05) is 37.3 Å². The number of guanidine groups is 1. The van der Waals surface area contributed by atoms with E-state index in [0.29, 0.717) is 24.7 Å². The van der Waals surface area contributed by atoms with Gasteiger partial charge in [-0.2, -0.15) is 0 Å². The molecule has 0 aliphatic carbocycles. The lowest BCUT2D eigenvalue weighted by molar-refractivity contribution is 0.380. The summed E-state index contributed by atoms with van der Waals surface area (Å²) in [7, 11) is -3.37. The summed E-state index contributed by atoms with van der Waals surface area (Å²) in [4.78, 5) is 12.7. The van der Waals surface area contributed by atoms with Gasteiger partial charge in [-0.05, 0) is 36.4 Å². The highest BCUT2D eigenvalue weighted by molar-refractivity contribution is 7.90. The van der Waals surface area contributed by atoms with Crippen molar-refractivity contribution in [2.24, 2.45) is 10.7 Å². The van der Waals surface area contributed by atoms with Gasteiger partial charge in [0.25, 0.3) is 0 Å². The number of halogens is 1. The Balaban J connectivity index is 1.63. The SMILES string of the molecule is CS(=O)(=O)c1cccnc1CN=C(N)N1CCN(c2ccc(F)cc2)CC1. The van der Waals surface area contributed by atoms with Crippen molar-refractivity contribution < 1.29 is 12.8 Å². The molecule has 3 rings (SSSR count). The van der Waals surface area contributed by atoms with Crippen molar-refractivity contribution in [3.63, 3.8) is 0 Å². The molecule has 1 aliphatic rings. The first-order chi connectivity index (χ1) is 12.8. The van der Waals surface area contributed by atoms with E-state index in [1.54, 1.807) is 18.2 Å². The molecule has 7 nitrogen and oxygen atoms in total. The van der Waals surface area contributed by atoms with Gasteiger partial charge in [0.2, 0.25) is 0 Å². The summed E-state index contributed by atoms with van der Waals surface area (Å²) in [6.07, 6.45) is 2.69. The molecule has 2 N–H and O–H groups in total. The van der Waals surface area contributed by atoms with Gasteiger partial charge in [0.15, 0.2) is 15.8 Å². The van der Waals surface area contributed by atoms with Gasteiger partial charge >= 0.3 is 0 Å². The van der Waals surface area contributed by atoms with E-state index in [2.05, 4.69) is 14.9 Å². The summed E-state index contributed by atoms with van der Waals surface area (Å²) in [6, 6.07) is 9.52. The van der Waals surface area contributed by atoms with E-state index in [1.807, 2.05) is 4.90 Å². The van der Waals surface area contributed by atoms with Crippen LogP contribution in [-0.4, -0.2) is 56.7 Å². The maximum atomic E-state index is 13.0. The molecule has 2 aromatic rings. The number of pyridine rings is 1. The van der Waals surface area contributed by atoms with Gasteiger partial charge in [-0.25, -0.2) is 17.8 Å². The van der Waals surface area contributed by atoms with E-state index < -0.39 is 9.84 Å². The van der Waals surface area contributed by atoms with Crippen molar-refractivity contribution in [3.05, 3.63) is 54.1 Å². The molecule has 1 aromatic heterocycles. The zero-order valence-corrected chi connectivity index (χ0v) is 15.9. The number of hydrogen-bond donors (Lipinski definition) is 1. The summed E-state index contributed by atoms with van der Waals surface area (Å²) in [5.74, 6) is 0.107. The lowest BCUT2D eigenvalue weighted by Gasteiger charge is -2.36. The zero-order chi connectivity index (χ0) is 19.4. The number of rotatable bonds is 4. The lowest BCUT2D eigenvalue weighted by atomic mass is 10.2. The monoisotopic (exact) mass is 391 g/mol. The van der Waals surface area contributed by atoms with Gasteiger partial charge in [0.1, 0.15) is 5.82 Å². The summed E-state index contributed by atoms with van der Waals surface area (Å²) >= 11 is 0. The maximum Gasteiger partial charge on any atom is 0.191 e. The summed E-state index contributed by atoms with van der Waals surface area (Å²) in [6.45, 7) is 2.93. The third-order valence-electron chi connectivity index (χ3n) is 4.43. The smallest absolute Gasteiger partial charge is 0.191 e. The van der Waals surface area contributed by atoms with Crippen LogP contribution in [0, 0.1) is 5.82 Å². The number of piperazine rings is 1. The highest BCUT2D eigenvalue weighted by Gasteiger charge is 2.19. The van der Waals surface area contributed by atoms with Crippen LogP contribution in [0.5, 0.6) is 0 Å². The van der Waals surface area contributed by atoms with Crippen LogP contribution >= 0.6 is 0 Å². The van der Waals surface area contributed by atoms with E-state index in [1.165, 1.54) is 24.4 Å². The Bertz CT molecular complexity index is 923. The first-order valence-electron chi connectivity index (χ1n) is 8.54. The second-order valence-corrected chi connectivity index (χ2v) is 8.33. The molecule has 2 heterocycles. The van der Waals surface area contributed by atoms with Crippen LogP contribution in [0.2, 0.25) is 0 Å². The molecule has 0 amide bonds. The first kappa shape index (κ1) is 19.1. The molecule has 1 aromatic carbocycles. The van der Waals surface area contributed by atoms with E-state index in [4.69, 9.17) is 5.73 Å². The van der Waals surface area contributed by atoms with Crippen LogP contribution in [0.15, 0.2) is 52.5 Å². The van der Waals surface area contributed by atoms with Crippen LogP contribution in [0.4, 0.5) is 10.1 Å². The van der Waals surface area contributed by atoms with E-state index in [-0.39, 0.29) is 17.3 Å². The van der Waals surface area contributed by atoms with Gasteiger partial charge in [0.05, 0.1) is 17.1 Å². The fourth-order valence-corrected chi connectivity index (χ4v) is 3.85. The average molecular weight is 391 g/mol. The Kier molecular flexibility index (Phi) is 5.59. The normalized spacial score (nSPS) is 15.9. The highest BCUT2D eigenvalue weighted by atomic mass is 32.2. The van der Waals surface area contributed by atoms with Crippen molar-refractivity contribution in [1.82, 2.24) is 9.88 Å². The zero-order valence-electron chi connectivity index (χ0n) is 15.0. The average Bonchev–Trinajstić information content (AvgIpc) is 2.66. The molecule has 0 spiro atoms. The molecule has 0 radical (unpaired) electrons. The van der Waals surface area contributed by atoms with Gasteiger partial charge in [-0.15, -0.1) is 0 Å². The number of aromatic nitrogens is 1. The molecular formula is C18H22FN5O2S. The number of anilines is 1. The van der Waals surface area contributed by atoms with Gasteiger partial charge in [-0.3, -0.25) is 4.98 Å². The molecular weight excluding hydrogens is 369 g/mol. The summed E-state index contributed by atoms with van der Waals surface area (Å²) < 4.78 is 36.7. The quantitative estimate of drug-likeness (QED) is 0.623. The van der Waals surface area contributed by atoms with E-state index in [0.717, 1.165) is 25.0 Å². The van der Waals surface area contributed by atoms with E-state index >= 15 is 0 Å². The molecule has 9 heteroatoms. The fraction of sp³-hybridized carbons (Fsp3) is 0.333. The molecule has 0 unspecified atom stereocenters. The molecule has 1 saturated heterocycles. The van der Waals surface area contributed by atoms with Gasteiger partial charge in [0, 0.05) is 44.3 Å². The Morgan fingerprint density at radius 2 is 1.85 bits per heavy atom. The number of benzene rings is 1. The Labute approximate surface area is 158 Å². The van der Waals surface area contributed by atoms with Gasteiger partial charge < -0.3 is 15.5 Å². The van der Waals surface area contributed by atoms with Crippen LogP contribution < -0.4 is 10.6 Å². The fourth-order valence-electron chi connectivity index (χ4n) is 2.98.